The van der Waals surface area contributed by atoms with E-state index in [0.29, 0.717) is 12.2 Å². The number of hydrogen-bond acceptors (Lipinski definition) is 2. The predicted molar refractivity (Wildman–Crippen MR) is 77.0 cm³/mol. The average Bonchev–Trinajstić information content (AvgIpc) is 2.90. The van der Waals surface area contributed by atoms with Gasteiger partial charge < -0.3 is 15.0 Å². The molecule has 2 rings (SSSR count). The number of nitrogens with zero attached hydrogens (tertiary/aromatic N) is 1. The van der Waals surface area contributed by atoms with Crippen molar-refractivity contribution in [2.45, 2.75) is 6.54 Å². The number of hydrogen-bond donors (Lipinski definition) is 2. The summed E-state index contributed by atoms with van der Waals surface area (Å²) < 4.78 is 1.78. The highest BCUT2D eigenvalue weighted by Gasteiger charge is 2.07. The molecule has 0 atom stereocenters. The Hall–Kier alpha value is -2.51. The number of benzene rings is 1. The van der Waals surface area contributed by atoms with Gasteiger partial charge in [-0.2, -0.15) is 0 Å². The third-order valence-electron chi connectivity index (χ3n) is 2.90. The molecule has 0 bridgehead atoms. The van der Waals surface area contributed by atoms with Gasteiger partial charge in [-0.3, -0.25) is 4.79 Å². The van der Waals surface area contributed by atoms with E-state index in [1.807, 2.05) is 43.6 Å². The lowest BCUT2D eigenvalue weighted by Crippen LogP contribution is -2.24. The highest BCUT2D eigenvalue weighted by atomic mass is 16.2. The van der Waals surface area contributed by atoms with Crippen molar-refractivity contribution in [1.29, 1.82) is 0 Å². The minimum Gasteiger partial charge on any atom is -0.384 e. The molecule has 1 amide bonds. The van der Waals surface area contributed by atoms with E-state index in [2.05, 4.69) is 17.2 Å². The van der Waals surface area contributed by atoms with Crippen LogP contribution in [0.2, 0.25) is 0 Å². The van der Waals surface area contributed by atoms with Gasteiger partial charge in [-0.05, 0) is 29.8 Å². The molecule has 0 unspecified atom stereocenters. The molecule has 0 saturated heterocycles. The normalized spacial score (nSPS) is 9.70. The molecule has 4 heteroatoms. The molecule has 0 radical (unpaired) electrons. The lowest BCUT2D eigenvalue weighted by Gasteiger charge is -2.06. The Morgan fingerprint density at radius 2 is 2.05 bits per heavy atom. The minimum absolute atomic E-state index is 0.0957. The molecule has 102 valence electrons. The van der Waals surface area contributed by atoms with Crippen molar-refractivity contribution in [3.63, 3.8) is 0 Å². The standard InChI is InChI=1S/C16H16N2O2/c1-18-10-2-5-15(18)16(20)17-12-14-8-6-13(7-9-14)4-3-11-19/h2,5-10,19H,11-12H2,1H3,(H,17,20). The fraction of sp³-hybridized carbons (Fsp3) is 0.188. The van der Waals surface area contributed by atoms with Gasteiger partial charge in [0.1, 0.15) is 12.3 Å². The molecular weight excluding hydrogens is 252 g/mol. The van der Waals surface area contributed by atoms with Crippen molar-refractivity contribution in [2.24, 2.45) is 7.05 Å². The minimum atomic E-state index is -0.144. The Morgan fingerprint density at radius 3 is 2.65 bits per heavy atom. The molecule has 2 aromatic rings. The molecule has 4 nitrogen and oxygen atoms in total. The number of carbonyl (C=O) groups is 1. The van der Waals surface area contributed by atoms with Crippen LogP contribution in [0.5, 0.6) is 0 Å². The monoisotopic (exact) mass is 268 g/mol. The van der Waals surface area contributed by atoms with Crippen molar-refractivity contribution in [1.82, 2.24) is 9.88 Å². The van der Waals surface area contributed by atoms with Crippen LogP contribution in [-0.2, 0) is 13.6 Å². The van der Waals surface area contributed by atoms with E-state index in [9.17, 15) is 4.79 Å². The SMILES string of the molecule is Cn1cccc1C(=O)NCc1ccc(C#CCO)cc1. The van der Waals surface area contributed by atoms with Gasteiger partial charge >= 0.3 is 0 Å². The number of nitrogens with one attached hydrogen (secondary N) is 1. The van der Waals surface area contributed by atoms with Gasteiger partial charge in [0.15, 0.2) is 0 Å². The molecule has 0 aliphatic carbocycles. The van der Waals surface area contributed by atoms with Crippen LogP contribution in [0.3, 0.4) is 0 Å². The quantitative estimate of drug-likeness (QED) is 0.824. The van der Waals surface area contributed by atoms with Crippen LogP contribution >= 0.6 is 0 Å². The maximum absolute atomic E-state index is 11.9. The molecule has 0 spiro atoms. The van der Waals surface area contributed by atoms with Gasteiger partial charge in [0, 0.05) is 25.4 Å². The second-order valence-corrected chi connectivity index (χ2v) is 4.34. The summed E-state index contributed by atoms with van der Waals surface area (Å²) in [6, 6.07) is 11.2. The maximum atomic E-state index is 11.9. The Labute approximate surface area is 118 Å². The van der Waals surface area contributed by atoms with Crippen LogP contribution in [-0.4, -0.2) is 22.2 Å². The van der Waals surface area contributed by atoms with Crippen molar-refractivity contribution in [3.8, 4) is 11.8 Å². The van der Waals surface area contributed by atoms with Crippen LogP contribution in [0.25, 0.3) is 0 Å². The zero-order valence-electron chi connectivity index (χ0n) is 11.3. The second kappa shape index (κ2) is 6.60. The smallest absolute Gasteiger partial charge is 0.268 e. The summed E-state index contributed by atoms with van der Waals surface area (Å²) in [6.45, 7) is 0.326. The topological polar surface area (TPSA) is 54.3 Å². The highest BCUT2D eigenvalue weighted by molar-refractivity contribution is 5.92. The summed E-state index contributed by atoms with van der Waals surface area (Å²) in [5.74, 6) is 5.32. The third kappa shape index (κ3) is 3.50. The van der Waals surface area contributed by atoms with Crippen molar-refractivity contribution in [2.75, 3.05) is 6.61 Å². The predicted octanol–water partition coefficient (Wildman–Crippen LogP) is 1.30. The van der Waals surface area contributed by atoms with E-state index in [-0.39, 0.29) is 12.5 Å². The molecule has 0 saturated carbocycles. The van der Waals surface area contributed by atoms with E-state index in [1.54, 1.807) is 10.6 Å². The lowest BCUT2D eigenvalue weighted by atomic mass is 10.1. The van der Waals surface area contributed by atoms with E-state index in [1.165, 1.54) is 0 Å². The van der Waals surface area contributed by atoms with Crippen LogP contribution in [0.1, 0.15) is 21.6 Å². The first kappa shape index (κ1) is 13.9. The fourth-order valence-corrected chi connectivity index (χ4v) is 1.82. The van der Waals surface area contributed by atoms with Crippen LogP contribution in [0.4, 0.5) is 0 Å². The lowest BCUT2D eigenvalue weighted by molar-refractivity contribution is 0.0943. The summed E-state index contributed by atoms with van der Waals surface area (Å²) in [7, 11) is 1.84. The van der Waals surface area contributed by atoms with Crippen molar-refractivity contribution >= 4 is 5.91 Å². The summed E-state index contributed by atoms with van der Waals surface area (Å²) in [6.07, 6.45) is 1.84. The van der Waals surface area contributed by atoms with Gasteiger partial charge in [-0.25, -0.2) is 0 Å². The van der Waals surface area contributed by atoms with Gasteiger partial charge in [-0.15, -0.1) is 0 Å². The number of amides is 1. The zero-order valence-corrected chi connectivity index (χ0v) is 11.3. The first-order valence-corrected chi connectivity index (χ1v) is 6.29. The molecule has 1 aromatic carbocycles. The Morgan fingerprint density at radius 1 is 1.30 bits per heavy atom. The van der Waals surface area contributed by atoms with E-state index in [4.69, 9.17) is 5.11 Å². The second-order valence-electron chi connectivity index (χ2n) is 4.34. The summed E-state index contributed by atoms with van der Waals surface area (Å²) in [5, 5.41) is 11.5. The molecular formula is C16H16N2O2. The first-order chi connectivity index (χ1) is 9.70. The molecule has 1 heterocycles. The highest BCUT2D eigenvalue weighted by Crippen LogP contribution is 2.04. The van der Waals surface area contributed by atoms with Crippen LogP contribution in [0, 0.1) is 11.8 Å². The van der Waals surface area contributed by atoms with Gasteiger partial charge in [0.25, 0.3) is 5.91 Å². The molecule has 1 aromatic heterocycles. The van der Waals surface area contributed by atoms with Gasteiger partial charge in [0.05, 0.1) is 0 Å². The summed E-state index contributed by atoms with van der Waals surface area (Å²) in [4.78, 5) is 11.9. The largest absolute Gasteiger partial charge is 0.384 e. The maximum Gasteiger partial charge on any atom is 0.268 e. The number of rotatable bonds is 3. The number of aromatic nitrogens is 1. The number of carbonyl (C=O) groups excluding carboxylic acids is 1. The fourth-order valence-electron chi connectivity index (χ4n) is 1.82. The summed E-state index contributed by atoms with van der Waals surface area (Å²) >= 11 is 0. The first-order valence-electron chi connectivity index (χ1n) is 6.29. The molecule has 20 heavy (non-hydrogen) atoms. The van der Waals surface area contributed by atoms with E-state index < -0.39 is 0 Å². The third-order valence-corrected chi connectivity index (χ3v) is 2.90. The van der Waals surface area contributed by atoms with E-state index in [0.717, 1.165) is 11.1 Å². The Kier molecular flexibility index (Phi) is 4.59. The molecule has 0 aliphatic heterocycles. The number of aryl methyl sites for hydroxylation is 1. The molecule has 0 aliphatic rings. The molecule has 0 fully saturated rings. The van der Waals surface area contributed by atoms with E-state index >= 15 is 0 Å². The van der Waals surface area contributed by atoms with Crippen molar-refractivity contribution < 1.29 is 9.90 Å². The number of aliphatic hydroxyl groups excluding tert-OH is 1. The Bertz CT molecular complexity index is 645. The zero-order chi connectivity index (χ0) is 14.4. The van der Waals surface area contributed by atoms with Crippen LogP contribution in [0.15, 0.2) is 42.6 Å². The van der Waals surface area contributed by atoms with Gasteiger partial charge in [-0.1, -0.05) is 24.0 Å². The number of aliphatic hydroxyl groups is 1. The molecule has 2 N–H and O–H groups in total. The van der Waals surface area contributed by atoms with Gasteiger partial charge in [0.2, 0.25) is 0 Å². The average molecular weight is 268 g/mol. The summed E-state index contributed by atoms with van der Waals surface area (Å²) in [5.41, 5.74) is 2.48. The van der Waals surface area contributed by atoms with Crippen LogP contribution < -0.4 is 5.32 Å². The Balaban J connectivity index is 1.94. The van der Waals surface area contributed by atoms with Crippen molar-refractivity contribution in [3.05, 3.63) is 59.4 Å².